The Morgan fingerprint density at radius 1 is 1.20 bits per heavy atom. The lowest BCUT2D eigenvalue weighted by atomic mass is 9.96. The summed E-state index contributed by atoms with van der Waals surface area (Å²) in [7, 11) is -1.46. The molecule has 0 radical (unpaired) electrons. The number of hydrogen-bond donors (Lipinski definition) is 0. The summed E-state index contributed by atoms with van der Waals surface area (Å²) in [6.45, 7) is 10.7. The smallest absolute Gasteiger partial charge is 0.0862 e. The van der Waals surface area contributed by atoms with Crippen molar-refractivity contribution in [2.75, 3.05) is 6.61 Å². The first-order valence-electron chi connectivity index (χ1n) is 8.22. The molecule has 20 heavy (non-hydrogen) atoms. The number of ether oxygens (including phenoxy) is 1. The van der Waals surface area contributed by atoms with Crippen molar-refractivity contribution in [2.24, 2.45) is 5.92 Å². The molecule has 112 valence electrons. The Morgan fingerprint density at radius 2 is 1.90 bits per heavy atom. The van der Waals surface area contributed by atoms with Crippen LogP contribution < -0.4 is 5.19 Å². The normalized spacial score (nSPS) is 27.5. The summed E-state index contributed by atoms with van der Waals surface area (Å²) in [6, 6.07) is 11.2. The lowest BCUT2D eigenvalue weighted by molar-refractivity contribution is -0.0171. The van der Waals surface area contributed by atoms with Crippen LogP contribution in [0.2, 0.25) is 18.6 Å². The van der Waals surface area contributed by atoms with Crippen LogP contribution in [0.3, 0.4) is 0 Å². The Hall–Kier alpha value is -0.603. The summed E-state index contributed by atoms with van der Waals surface area (Å²) in [5.41, 5.74) is 0.764. The molecule has 1 fully saturated rings. The van der Waals surface area contributed by atoms with Crippen LogP contribution in [-0.2, 0) is 4.74 Å². The van der Waals surface area contributed by atoms with Gasteiger partial charge in [-0.3, -0.25) is 0 Å². The average Bonchev–Trinajstić information content (AvgIpc) is 2.47. The third kappa shape index (κ3) is 3.53. The van der Waals surface area contributed by atoms with Crippen molar-refractivity contribution < 1.29 is 4.74 Å². The highest BCUT2D eigenvalue weighted by Crippen LogP contribution is 2.39. The summed E-state index contributed by atoms with van der Waals surface area (Å²) in [5.74, 6) is 0.716. The van der Waals surface area contributed by atoms with Crippen LogP contribution in [0.15, 0.2) is 30.3 Å². The van der Waals surface area contributed by atoms with Gasteiger partial charge in [0, 0.05) is 6.61 Å². The first-order chi connectivity index (χ1) is 9.55. The highest BCUT2D eigenvalue weighted by Gasteiger charge is 2.42. The topological polar surface area (TPSA) is 9.23 Å². The van der Waals surface area contributed by atoms with Gasteiger partial charge in [0.05, 0.1) is 14.2 Å². The number of hydrogen-bond acceptors (Lipinski definition) is 1. The quantitative estimate of drug-likeness (QED) is 0.721. The molecular weight excluding hydrogens is 260 g/mol. The molecule has 3 atom stereocenters. The van der Waals surface area contributed by atoms with Crippen LogP contribution in [-0.4, -0.2) is 20.8 Å². The van der Waals surface area contributed by atoms with Crippen LogP contribution in [0, 0.1) is 5.92 Å². The van der Waals surface area contributed by atoms with E-state index in [2.05, 4.69) is 57.3 Å². The zero-order chi connectivity index (χ0) is 14.6. The van der Waals surface area contributed by atoms with E-state index in [0.717, 1.165) is 12.1 Å². The van der Waals surface area contributed by atoms with Crippen molar-refractivity contribution >= 4 is 13.3 Å². The number of unbranched alkanes of at least 4 members (excludes halogenated alkanes) is 1. The van der Waals surface area contributed by atoms with Gasteiger partial charge >= 0.3 is 0 Å². The SMILES string of the molecule is CCCC[C@H]1OC[C@H](C)C[C@@H]1[Si](C)(C)c1ccccc1. The van der Waals surface area contributed by atoms with Gasteiger partial charge in [-0.1, -0.05) is 75.3 Å². The molecule has 1 aliphatic rings. The Bertz CT molecular complexity index is 399. The molecule has 0 aromatic heterocycles. The highest BCUT2D eigenvalue weighted by atomic mass is 28.3. The maximum Gasteiger partial charge on any atom is 0.0862 e. The Balaban J connectivity index is 2.20. The minimum Gasteiger partial charge on any atom is -0.378 e. The van der Waals surface area contributed by atoms with Gasteiger partial charge in [0.15, 0.2) is 0 Å². The number of benzene rings is 1. The Kier molecular flexibility index (Phi) is 5.45. The zero-order valence-electron chi connectivity index (χ0n) is 13.6. The molecule has 1 nitrogen and oxygen atoms in total. The maximum absolute atomic E-state index is 6.25. The van der Waals surface area contributed by atoms with Crippen molar-refractivity contribution in [3.05, 3.63) is 30.3 Å². The molecule has 0 N–H and O–H groups in total. The molecule has 2 rings (SSSR count). The fourth-order valence-electron chi connectivity index (χ4n) is 3.59. The van der Waals surface area contributed by atoms with Gasteiger partial charge < -0.3 is 4.74 Å². The van der Waals surface area contributed by atoms with Crippen molar-refractivity contribution in [3.8, 4) is 0 Å². The maximum atomic E-state index is 6.25. The largest absolute Gasteiger partial charge is 0.378 e. The van der Waals surface area contributed by atoms with Gasteiger partial charge in [0.1, 0.15) is 0 Å². The van der Waals surface area contributed by atoms with E-state index in [1.54, 1.807) is 5.19 Å². The highest BCUT2D eigenvalue weighted by molar-refractivity contribution is 6.91. The van der Waals surface area contributed by atoms with Crippen molar-refractivity contribution in [1.82, 2.24) is 0 Å². The molecule has 0 unspecified atom stereocenters. The number of rotatable bonds is 5. The van der Waals surface area contributed by atoms with Gasteiger partial charge in [-0.05, 0) is 24.3 Å². The molecule has 1 aliphatic heterocycles. The van der Waals surface area contributed by atoms with Crippen molar-refractivity contribution in [1.29, 1.82) is 0 Å². The van der Waals surface area contributed by atoms with E-state index in [-0.39, 0.29) is 0 Å². The molecule has 1 aromatic carbocycles. The molecule has 0 amide bonds. The molecule has 0 bridgehead atoms. The van der Waals surface area contributed by atoms with Gasteiger partial charge in [-0.15, -0.1) is 0 Å². The van der Waals surface area contributed by atoms with Crippen LogP contribution in [0.25, 0.3) is 0 Å². The monoisotopic (exact) mass is 290 g/mol. The lowest BCUT2D eigenvalue weighted by Gasteiger charge is -2.43. The molecule has 1 saturated heterocycles. The lowest BCUT2D eigenvalue weighted by Crippen LogP contribution is -2.52. The second-order valence-corrected chi connectivity index (χ2v) is 11.8. The third-order valence-electron chi connectivity index (χ3n) is 4.99. The molecular formula is C18H30OSi. The summed E-state index contributed by atoms with van der Waals surface area (Å²) in [6.07, 6.45) is 5.66. The summed E-state index contributed by atoms with van der Waals surface area (Å²) in [5, 5.41) is 1.59. The van der Waals surface area contributed by atoms with E-state index in [4.69, 9.17) is 4.74 Å². The second kappa shape index (κ2) is 6.90. The minimum absolute atomic E-state index is 0.494. The van der Waals surface area contributed by atoms with Crippen LogP contribution >= 0.6 is 0 Å². The summed E-state index contributed by atoms with van der Waals surface area (Å²) in [4.78, 5) is 0. The average molecular weight is 291 g/mol. The van der Waals surface area contributed by atoms with Gasteiger partial charge in [0.2, 0.25) is 0 Å². The van der Waals surface area contributed by atoms with Crippen LogP contribution in [0.4, 0.5) is 0 Å². The van der Waals surface area contributed by atoms with E-state index in [9.17, 15) is 0 Å². The van der Waals surface area contributed by atoms with Gasteiger partial charge in [-0.2, -0.15) is 0 Å². The molecule has 0 spiro atoms. The van der Waals surface area contributed by atoms with Crippen LogP contribution in [0.5, 0.6) is 0 Å². The van der Waals surface area contributed by atoms with E-state index in [1.165, 1.54) is 25.7 Å². The van der Waals surface area contributed by atoms with Gasteiger partial charge in [0.25, 0.3) is 0 Å². The summed E-state index contributed by atoms with van der Waals surface area (Å²) < 4.78 is 6.25. The predicted molar refractivity (Wildman–Crippen MR) is 90.4 cm³/mol. The fraction of sp³-hybridized carbons (Fsp3) is 0.667. The van der Waals surface area contributed by atoms with E-state index in [0.29, 0.717) is 12.0 Å². The predicted octanol–water partition coefficient (Wildman–Crippen LogP) is 4.59. The Morgan fingerprint density at radius 3 is 2.55 bits per heavy atom. The molecule has 2 heteroatoms. The first kappa shape index (κ1) is 15.8. The zero-order valence-corrected chi connectivity index (χ0v) is 14.6. The molecule has 1 aromatic rings. The summed E-state index contributed by atoms with van der Waals surface area (Å²) >= 11 is 0. The van der Waals surface area contributed by atoms with Crippen molar-refractivity contribution in [3.63, 3.8) is 0 Å². The minimum atomic E-state index is -1.46. The molecule has 0 saturated carbocycles. The molecule has 1 heterocycles. The van der Waals surface area contributed by atoms with E-state index < -0.39 is 8.07 Å². The third-order valence-corrected chi connectivity index (χ3v) is 9.27. The Labute approximate surface area is 125 Å². The first-order valence-corrected chi connectivity index (χ1v) is 11.3. The van der Waals surface area contributed by atoms with Crippen molar-refractivity contribution in [2.45, 2.75) is 64.3 Å². The van der Waals surface area contributed by atoms with Crippen LogP contribution in [0.1, 0.15) is 39.5 Å². The standard InChI is InChI=1S/C18H30OSi/c1-5-6-12-17-18(13-15(2)14-19-17)20(3,4)16-10-8-7-9-11-16/h7-11,15,17-18H,5-6,12-14H2,1-4H3/t15-,17-,18+/m1/s1. The molecule has 0 aliphatic carbocycles. The van der Waals surface area contributed by atoms with Gasteiger partial charge in [-0.25, -0.2) is 0 Å². The van der Waals surface area contributed by atoms with E-state index in [1.807, 2.05) is 0 Å². The second-order valence-electron chi connectivity index (χ2n) is 7.05. The fourth-order valence-corrected chi connectivity index (χ4v) is 7.25. The van der Waals surface area contributed by atoms with E-state index >= 15 is 0 Å².